The van der Waals surface area contributed by atoms with E-state index in [0.29, 0.717) is 5.88 Å². The van der Waals surface area contributed by atoms with Crippen LogP contribution < -0.4 is 0 Å². The Morgan fingerprint density at radius 3 is 3.15 bits per heavy atom. The zero-order chi connectivity index (χ0) is 9.52. The topological polar surface area (TPSA) is 17.8 Å². The number of halogens is 1. The second-order valence-corrected chi connectivity index (χ2v) is 3.24. The van der Waals surface area contributed by atoms with Crippen molar-refractivity contribution in [2.24, 2.45) is 0 Å². The molecule has 1 aromatic heterocycles. The highest BCUT2D eigenvalue weighted by Crippen LogP contribution is 2.03. The fraction of sp³-hybridized carbons (Fsp3) is 0.500. The lowest BCUT2D eigenvalue weighted by molar-refractivity contribution is 0.598. The van der Waals surface area contributed by atoms with Crippen LogP contribution in [-0.4, -0.2) is 15.7 Å². The average molecular weight is 199 g/mol. The molecule has 0 N–H and O–H groups in total. The summed E-state index contributed by atoms with van der Waals surface area (Å²) >= 11 is 5.57. The zero-order valence-electron chi connectivity index (χ0n) is 7.91. The monoisotopic (exact) mass is 198 g/mol. The molecule has 1 rings (SSSR count). The minimum absolute atomic E-state index is 0.679. The van der Waals surface area contributed by atoms with E-state index >= 15 is 0 Å². The number of aryl methyl sites for hydroxylation is 1. The second-order valence-electron chi connectivity index (χ2n) is 2.86. The predicted molar refractivity (Wildman–Crippen MR) is 56.9 cm³/mol. The van der Waals surface area contributed by atoms with E-state index in [1.807, 2.05) is 16.9 Å². The van der Waals surface area contributed by atoms with Crippen LogP contribution in [0.5, 0.6) is 0 Å². The number of hydrogen-bond donors (Lipinski definition) is 0. The van der Waals surface area contributed by atoms with E-state index in [1.165, 1.54) is 0 Å². The van der Waals surface area contributed by atoms with Crippen molar-refractivity contribution in [3.8, 4) is 0 Å². The first-order valence-electron chi connectivity index (χ1n) is 4.62. The van der Waals surface area contributed by atoms with Crippen molar-refractivity contribution in [1.82, 2.24) is 9.78 Å². The van der Waals surface area contributed by atoms with E-state index in [0.717, 1.165) is 25.1 Å². The van der Waals surface area contributed by atoms with Gasteiger partial charge in [0.25, 0.3) is 0 Å². The Hall–Kier alpha value is -0.760. The van der Waals surface area contributed by atoms with Crippen molar-refractivity contribution in [1.29, 1.82) is 0 Å². The number of aromatic nitrogens is 2. The quantitative estimate of drug-likeness (QED) is 0.666. The van der Waals surface area contributed by atoms with Crippen LogP contribution in [0.15, 0.2) is 18.3 Å². The summed E-state index contributed by atoms with van der Waals surface area (Å²) in [5.41, 5.74) is 1.16. The van der Waals surface area contributed by atoms with Crippen LogP contribution >= 0.6 is 11.6 Å². The Balaban J connectivity index is 2.59. The zero-order valence-corrected chi connectivity index (χ0v) is 8.67. The average Bonchev–Trinajstić information content (AvgIpc) is 2.54. The van der Waals surface area contributed by atoms with E-state index in [1.54, 1.807) is 0 Å². The molecule has 0 unspecified atom stereocenters. The molecule has 2 nitrogen and oxygen atoms in total. The lowest BCUT2D eigenvalue weighted by atomic mass is 10.3. The fourth-order valence-corrected chi connectivity index (χ4v) is 1.28. The van der Waals surface area contributed by atoms with Crippen LogP contribution in [-0.2, 0) is 6.54 Å². The van der Waals surface area contributed by atoms with E-state index in [9.17, 15) is 0 Å². The van der Waals surface area contributed by atoms with Gasteiger partial charge in [-0.2, -0.15) is 5.10 Å². The molecule has 1 heterocycles. The minimum Gasteiger partial charge on any atom is -0.266 e. The van der Waals surface area contributed by atoms with Crippen LogP contribution in [0.3, 0.4) is 0 Å². The number of alkyl halides is 1. The largest absolute Gasteiger partial charge is 0.266 e. The molecule has 0 fully saturated rings. The third-order valence-corrected chi connectivity index (χ3v) is 1.97. The van der Waals surface area contributed by atoms with Crippen LogP contribution in [0, 0.1) is 0 Å². The van der Waals surface area contributed by atoms with Gasteiger partial charge in [-0.3, -0.25) is 4.68 Å². The van der Waals surface area contributed by atoms with Gasteiger partial charge in [0.1, 0.15) is 0 Å². The molecular weight excluding hydrogens is 184 g/mol. The molecule has 0 aliphatic rings. The maximum Gasteiger partial charge on any atom is 0.0606 e. The molecule has 0 bridgehead atoms. The first-order chi connectivity index (χ1) is 6.38. The molecule has 0 amide bonds. The standard InChI is InChI=1S/C10H15ClN2/c1-2-9-13-10(6-8-12-13)5-3-4-7-11/h3,5-6,8H,2,4,7,9H2,1H3. The molecule has 0 aliphatic carbocycles. The predicted octanol–water partition coefficient (Wildman–Crippen LogP) is 2.94. The van der Waals surface area contributed by atoms with Gasteiger partial charge >= 0.3 is 0 Å². The van der Waals surface area contributed by atoms with Gasteiger partial charge in [-0.15, -0.1) is 11.6 Å². The maximum atomic E-state index is 5.57. The highest BCUT2D eigenvalue weighted by molar-refractivity contribution is 6.17. The minimum atomic E-state index is 0.679. The summed E-state index contributed by atoms with van der Waals surface area (Å²) in [7, 11) is 0. The van der Waals surface area contributed by atoms with Gasteiger partial charge in [-0.25, -0.2) is 0 Å². The smallest absolute Gasteiger partial charge is 0.0606 e. The van der Waals surface area contributed by atoms with Gasteiger partial charge < -0.3 is 0 Å². The third kappa shape index (κ3) is 3.23. The van der Waals surface area contributed by atoms with E-state index < -0.39 is 0 Å². The summed E-state index contributed by atoms with van der Waals surface area (Å²) in [6, 6.07) is 2.01. The van der Waals surface area contributed by atoms with Crippen LogP contribution in [0.2, 0.25) is 0 Å². The molecule has 13 heavy (non-hydrogen) atoms. The molecule has 0 aromatic carbocycles. The van der Waals surface area contributed by atoms with Gasteiger partial charge in [0.2, 0.25) is 0 Å². The van der Waals surface area contributed by atoms with E-state index in [4.69, 9.17) is 11.6 Å². The normalized spacial score (nSPS) is 11.2. The van der Waals surface area contributed by atoms with Gasteiger partial charge in [0, 0.05) is 18.6 Å². The SMILES string of the molecule is CCCn1nccc1C=CCCCl. The summed E-state index contributed by atoms with van der Waals surface area (Å²) in [5, 5.41) is 4.22. The van der Waals surface area contributed by atoms with Crippen molar-refractivity contribution >= 4 is 17.7 Å². The van der Waals surface area contributed by atoms with Crippen LogP contribution in [0.1, 0.15) is 25.5 Å². The van der Waals surface area contributed by atoms with Gasteiger partial charge in [0.15, 0.2) is 0 Å². The molecule has 0 spiro atoms. The molecule has 72 valence electrons. The van der Waals surface area contributed by atoms with Crippen LogP contribution in [0.4, 0.5) is 0 Å². The Bertz CT molecular complexity index is 266. The summed E-state index contributed by atoms with van der Waals surface area (Å²) in [6.07, 6.45) is 8.01. The molecule has 3 heteroatoms. The summed E-state index contributed by atoms with van der Waals surface area (Å²) in [5.74, 6) is 0.679. The first-order valence-corrected chi connectivity index (χ1v) is 5.16. The molecule has 0 atom stereocenters. The molecule has 0 saturated heterocycles. The van der Waals surface area contributed by atoms with Gasteiger partial charge in [0.05, 0.1) is 5.69 Å². The Labute approximate surface area is 84.2 Å². The summed E-state index contributed by atoms with van der Waals surface area (Å²) in [6.45, 7) is 3.13. The Morgan fingerprint density at radius 1 is 1.62 bits per heavy atom. The lowest BCUT2D eigenvalue weighted by Gasteiger charge is -2.00. The summed E-state index contributed by atoms with van der Waals surface area (Å²) < 4.78 is 2.00. The number of allylic oxidation sites excluding steroid dienone is 1. The van der Waals surface area contributed by atoms with Crippen LogP contribution in [0.25, 0.3) is 6.08 Å². The number of hydrogen-bond acceptors (Lipinski definition) is 1. The van der Waals surface area contributed by atoms with Crippen molar-refractivity contribution in [3.05, 3.63) is 24.0 Å². The van der Waals surface area contributed by atoms with Crippen molar-refractivity contribution < 1.29 is 0 Å². The first kappa shape index (κ1) is 10.3. The summed E-state index contributed by atoms with van der Waals surface area (Å²) in [4.78, 5) is 0. The van der Waals surface area contributed by atoms with Crippen molar-refractivity contribution in [2.45, 2.75) is 26.3 Å². The maximum absolute atomic E-state index is 5.57. The molecular formula is C10H15ClN2. The highest BCUT2D eigenvalue weighted by atomic mass is 35.5. The Morgan fingerprint density at radius 2 is 2.46 bits per heavy atom. The Kier molecular flexibility index (Phi) is 4.61. The highest BCUT2D eigenvalue weighted by Gasteiger charge is 1.95. The number of nitrogens with zero attached hydrogens (tertiary/aromatic N) is 2. The van der Waals surface area contributed by atoms with Gasteiger partial charge in [-0.05, 0) is 25.0 Å². The molecule has 0 radical (unpaired) electrons. The van der Waals surface area contributed by atoms with Gasteiger partial charge in [-0.1, -0.05) is 13.0 Å². The third-order valence-electron chi connectivity index (χ3n) is 1.75. The lowest BCUT2D eigenvalue weighted by Crippen LogP contribution is -2.00. The van der Waals surface area contributed by atoms with Crippen molar-refractivity contribution in [2.75, 3.05) is 5.88 Å². The number of rotatable bonds is 5. The fourth-order valence-electron chi connectivity index (χ4n) is 1.15. The van der Waals surface area contributed by atoms with E-state index in [2.05, 4.69) is 24.2 Å². The molecule has 0 aliphatic heterocycles. The second kappa shape index (κ2) is 5.81. The molecule has 1 aromatic rings. The molecule has 0 saturated carbocycles. The van der Waals surface area contributed by atoms with E-state index in [-0.39, 0.29) is 0 Å². The van der Waals surface area contributed by atoms with Crippen molar-refractivity contribution in [3.63, 3.8) is 0 Å².